The van der Waals surface area contributed by atoms with E-state index in [0.29, 0.717) is 23.9 Å². The molecule has 4 aromatic rings. The summed E-state index contributed by atoms with van der Waals surface area (Å²) in [4.78, 5) is 0. The maximum Gasteiger partial charge on any atom is 0.127 e. The number of unbranched alkanes of at least 4 members (excludes halogenated alkanes) is 2. The molecule has 0 amide bonds. The normalized spacial score (nSPS) is 21.8. The molecule has 4 aromatic carbocycles. The Labute approximate surface area is 299 Å². The monoisotopic (exact) mass is 672 g/mol. The van der Waals surface area contributed by atoms with Crippen molar-refractivity contribution in [2.45, 2.75) is 89.1 Å². The van der Waals surface area contributed by atoms with Gasteiger partial charge in [0, 0.05) is 46.4 Å². The van der Waals surface area contributed by atoms with Crippen LogP contribution in [-0.4, -0.2) is 51.5 Å². The van der Waals surface area contributed by atoms with Crippen molar-refractivity contribution in [2.75, 3.05) is 50.0 Å². The van der Waals surface area contributed by atoms with Gasteiger partial charge in [0.1, 0.15) is 11.5 Å². The fraction of sp³-hybridized carbons (Fsp3) is 0.455. The predicted octanol–water partition coefficient (Wildman–Crippen LogP) is 9.59. The largest absolute Gasteiger partial charge is 0.493 e. The van der Waals surface area contributed by atoms with Crippen LogP contribution in [0.3, 0.4) is 0 Å². The highest BCUT2D eigenvalue weighted by atomic mass is 16.5. The smallest absolute Gasteiger partial charge is 0.127 e. The van der Waals surface area contributed by atoms with Crippen LogP contribution in [0.25, 0.3) is 22.3 Å². The quantitative estimate of drug-likeness (QED) is 0.126. The lowest BCUT2D eigenvalue weighted by Crippen LogP contribution is -2.21. The second kappa shape index (κ2) is 16.8. The molecule has 50 heavy (non-hydrogen) atoms. The maximum atomic E-state index is 6.12. The Morgan fingerprint density at radius 2 is 0.920 bits per heavy atom. The predicted molar refractivity (Wildman–Crippen MR) is 209 cm³/mol. The van der Waals surface area contributed by atoms with Crippen LogP contribution in [0.5, 0.6) is 11.5 Å². The van der Waals surface area contributed by atoms with Crippen molar-refractivity contribution < 1.29 is 9.47 Å². The fourth-order valence-corrected chi connectivity index (χ4v) is 8.45. The summed E-state index contributed by atoms with van der Waals surface area (Å²) in [6.07, 6.45) is 9.27. The number of hydrogen-bond acceptors (Lipinski definition) is 6. The van der Waals surface area contributed by atoms with Crippen LogP contribution in [0.1, 0.15) is 88.2 Å². The van der Waals surface area contributed by atoms with Gasteiger partial charge in [-0.1, -0.05) is 87.4 Å². The van der Waals surface area contributed by atoms with Crippen molar-refractivity contribution in [3.05, 3.63) is 96.1 Å². The van der Waals surface area contributed by atoms with Gasteiger partial charge < -0.3 is 30.7 Å². The molecule has 4 N–H and O–H groups in total. The molecule has 2 fully saturated rings. The van der Waals surface area contributed by atoms with Crippen LogP contribution < -0.4 is 30.7 Å². The molecule has 264 valence electrons. The summed E-state index contributed by atoms with van der Waals surface area (Å²) in [7, 11) is 0. The summed E-state index contributed by atoms with van der Waals surface area (Å²) >= 11 is 0. The van der Waals surface area contributed by atoms with Crippen LogP contribution in [0.2, 0.25) is 0 Å². The number of anilines is 2. The Kier molecular flexibility index (Phi) is 11.6. The lowest BCUT2D eigenvalue weighted by atomic mass is 9.85. The summed E-state index contributed by atoms with van der Waals surface area (Å²) < 4.78 is 12.2. The zero-order valence-corrected chi connectivity index (χ0v) is 30.1. The van der Waals surface area contributed by atoms with Gasteiger partial charge in [-0.2, -0.15) is 0 Å². The third kappa shape index (κ3) is 7.52. The van der Waals surface area contributed by atoms with Crippen LogP contribution in [0.4, 0.5) is 11.4 Å². The molecule has 0 aliphatic carbocycles. The second-order valence-corrected chi connectivity index (χ2v) is 14.3. The number of para-hydroxylation sites is 2. The highest BCUT2D eigenvalue weighted by Gasteiger charge is 2.36. The third-order valence-corrected chi connectivity index (χ3v) is 11.0. The summed E-state index contributed by atoms with van der Waals surface area (Å²) in [5.74, 6) is 3.20. The van der Waals surface area contributed by atoms with Crippen molar-refractivity contribution in [3.63, 3.8) is 0 Å². The Bertz CT molecular complexity index is 1580. The standard InChI is InChI=1S/2C22H28N2O/c2*1-2-3-15-25-21-10-5-4-7-16(21)17-8-6-9-20-22(17)18-11-13-23-14-12-19(18)24-20/h2*4-10,18-19,23-24H,2-3,11-15H2,1H3/t2*18-,19+/m10/s1. The van der Waals surface area contributed by atoms with Gasteiger partial charge in [0.05, 0.1) is 13.2 Å². The van der Waals surface area contributed by atoms with Crippen LogP contribution >= 0.6 is 0 Å². The van der Waals surface area contributed by atoms with E-state index in [-0.39, 0.29) is 0 Å². The fourth-order valence-electron chi connectivity index (χ4n) is 8.45. The molecule has 6 heteroatoms. The first-order valence-corrected chi connectivity index (χ1v) is 19.4. The van der Waals surface area contributed by atoms with E-state index in [4.69, 9.17) is 9.47 Å². The van der Waals surface area contributed by atoms with E-state index in [1.54, 1.807) is 0 Å². The van der Waals surface area contributed by atoms with E-state index in [2.05, 4.69) is 120 Å². The number of fused-ring (bicyclic) bond motifs is 6. The molecule has 0 spiro atoms. The molecule has 4 aliphatic heterocycles. The van der Waals surface area contributed by atoms with Crippen LogP contribution in [0, 0.1) is 0 Å². The lowest BCUT2D eigenvalue weighted by Gasteiger charge is -2.19. The van der Waals surface area contributed by atoms with Crippen LogP contribution in [-0.2, 0) is 0 Å². The zero-order valence-electron chi connectivity index (χ0n) is 30.1. The molecule has 0 bridgehead atoms. The maximum absolute atomic E-state index is 6.12. The summed E-state index contributed by atoms with van der Waals surface area (Å²) in [5, 5.41) is 14.6. The van der Waals surface area contributed by atoms with Gasteiger partial charge >= 0.3 is 0 Å². The second-order valence-electron chi connectivity index (χ2n) is 14.3. The van der Waals surface area contributed by atoms with E-state index in [9.17, 15) is 0 Å². The molecular formula is C44H56N4O2. The molecule has 6 nitrogen and oxygen atoms in total. The minimum atomic E-state index is 0.555. The number of hydrogen-bond donors (Lipinski definition) is 4. The lowest BCUT2D eigenvalue weighted by molar-refractivity contribution is 0.310. The minimum absolute atomic E-state index is 0.555. The Morgan fingerprint density at radius 1 is 0.500 bits per heavy atom. The van der Waals surface area contributed by atoms with Gasteiger partial charge in [0.15, 0.2) is 0 Å². The van der Waals surface area contributed by atoms with E-state index < -0.39 is 0 Å². The van der Waals surface area contributed by atoms with E-state index in [0.717, 1.165) is 76.6 Å². The van der Waals surface area contributed by atoms with Gasteiger partial charge in [-0.25, -0.2) is 0 Å². The molecule has 8 rings (SSSR count). The average Bonchev–Trinajstić information content (AvgIpc) is 3.47. The Balaban J connectivity index is 0.000000157. The number of ether oxygens (including phenoxy) is 2. The van der Waals surface area contributed by atoms with E-state index >= 15 is 0 Å². The molecule has 0 radical (unpaired) electrons. The Hall–Kier alpha value is -4.00. The number of benzene rings is 4. The van der Waals surface area contributed by atoms with Gasteiger partial charge in [0.25, 0.3) is 0 Å². The van der Waals surface area contributed by atoms with Crippen molar-refractivity contribution in [3.8, 4) is 33.8 Å². The zero-order chi connectivity index (χ0) is 34.1. The van der Waals surface area contributed by atoms with Gasteiger partial charge in [0.2, 0.25) is 0 Å². The minimum Gasteiger partial charge on any atom is -0.493 e. The first-order chi connectivity index (χ1) is 24.8. The molecule has 4 heterocycles. The van der Waals surface area contributed by atoms with Gasteiger partial charge in [-0.05, 0) is 111 Å². The molecule has 4 atom stereocenters. The topological polar surface area (TPSA) is 66.6 Å². The van der Waals surface area contributed by atoms with E-state index in [1.165, 1.54) is 70.4 Å². The van der Waals surface area contributed by atoms with Crippen LogP contribution in [0.15, 0.2) is 84.9 Å². The molecular weight excluding hydrogens is 617 g/mol. The molecule has 4 aliphatic rings. The first-order valence-electron chi connectivity index (χ1n) is 19.4. The van der Waals surface area contributed by atoms with Gasteiger partial charge in [-0.3, -0.25) is 0 Å². The van der Waals surface area contributed by atoms with Gasteiger partial charge in [-0.15, -0.1) is 0 Å². The van der Waals surface area contributed by atoms with Crippen molar-refractivity contribution >= 4 is 11.4 Å². The molecule has 2 saturated heterocycles. The highest BCUT2D eigenvalue weighted by molar-refractivity contribution is 5.82. The summed E-state index contributed by atoms with van der Waals surface area (Å²) in [5.41, 5.74) is 10.8. The third-order valence-electron chi connectivity index (χ3n) is 11.0. The Morgan fingerprint density at radius 3 is 1.38 bits per heavy atom. The van der Waals surface area contributed by atoms with Crippen molar-refractivity contribution in [1.82, 2.24) is 10.6 Å². The summed E-state index contributed by atoms with van der Waals surface area (Å²) in [6.45, 7) is 10.4. The van der Waals surface area contributed by atoms with Crippen molar-refractivity contribution in [1.29, 1.82) is 0 Å². The SMILES string of the molecule is CCCCOc1ccccc1-c1cccc2c1[C@@H]1CCNCC[C@@H]1N2.CCCCOc1ccccc1-c1cccc2c1[C@H]1CCNCC[C@H]1N2. The number of nitrogens with one attached hydrogen (secondary N) is 4. The molecule has 0 saturated carbocycles. The molecule has 0 aromatic heterocycles. The average molecular weight is 673 g/mol. The number of rotatable bonds is 10. The highest BCUT2D eigenvalue weighted by Crippen LogP contribution is 2.48. The molecule has 0 unspecified atom stereocenters. The first kappa shape index (κ1) is 34.4. The summed E-state index contributed by atoms with van der Waals surface area (Å²) in [6, 6.07) is 31.5. The van der Waals surface area contributed by atoms with Crippen molar-refractivity contribution in [2.24, 2.45) is 0 Å². The van der Waals surface area contributed by atoms with E-state index in [1.807, 2.05) is 0 Å².